The molecule has 0 heterocycles. The van der Waals surface area contributed by atoms with Crippen LogP contribution in [0.1, 0.15) is 32.3 Å². The highest BCUT2D eigenvalue weighted by molar-refractivity contribution is 7.89. The normalized spacial score (nSPS) is 12.2. The van der Waals surface area contributed by atoms with Crippen LogP contribution < -0.4 is 21.1 Å². The zero-order valence-corrected chi connectivity index (χ0v) is 26.6. The minimum absolute atomic E-state index is 0.0141. The average molecular weight is 669 g/mol. The molecule has 0 bridgehead atoms. The van der Waals surface area contributed by atoms with Crippen molar-refractivity contribution < 1.29 is 22.7 Å². The first-order valence-electron chi connectivity index (χ1n) is 13.2. The van der Waals surface area contributed by atoms with E-state index in [-0.39, 0.29) is 29.2 Å². The van der Waals surface area contributed by atoms with E-state index in [9.17, 15) is 18.0 Å². The van der Waals surface area contributed by atoms with Gasteiger partial charge in [-0.05, 0) is 48.7 Å². The lowest BCUT2D eigenvalue weighted by molar-refractivity contribution is -0.115. The molecule has 0 unspecified atom stereocenters. The van der Waals surface area contributed by atoms with Crippen LogP contribution in [0.25, 0.3) is 11.1 Å². The molecule has 0 saturated carbocycles. The average Bonchev–Trinajstić information content (AvgIpc) is 2.96. The Bertz CT molecular complexity index is 1570. The smallest absolute Gasteiger partial charge is 0.435 e. The number of ether oxygens (including phenoxy) is 1. The van der Waals surface area contributed by atoms with Gasteiger partial charge in [0.25, 0.3) is 0 Å². The summed E-state index contributed by atoms with van der Waals surface area (Å²) in [7, 11) is -3.91. The molecule has 3 aromatic carbocycles. The van der Waals surface area contributed by atoms with E-state index in [1.54, 1.807) is 60.7 Å². The van der Waals surface area contributed by atoms with Crippen molar-refractivity contribution in [1.82, 2.24) is 0 Å². The van der Waals surface area contributed by atoms with Gasteiger partial charge in [-0.2, -0.15) is 4.99 Å². The first kappa shape index (κ1) is 34.1. The minimum Gasteiger partial charge on any atom is -0.443 e. The Morgan fingerprint density at radius 1 is 1.00 bits per heavy atom. The zero-order valence-electron chi connectivity index (χ0n) is 23.5. The topological polar surface area (TPSA) is 157 Å². The van der Waals surface area contributed by atoms with Gasteiger partial charge in [-0.15, -0.1) is 0 Å². The fourth-order valence-electron chi connectivity index (χ4n) is 4.38. The van der Waals surface area contributed by atoms with E-state index < -0.39 is 26.5 Å². The first-order chi connectivity index (χ1) is 20.2. The number of sulfonamides is 1. The number of aliphatic imine (C=N–C) groups is 1. The van der Waals surface area contributed by atoms with Crippen molar-refractivity contribution in [3.63, 3.8) is 0 Å². The second-order valence-electron chi connectivity index (χ2n) is 9.48. The molecule has 5 N–H and O–H groups in total. The summed E-state index contributed by atoms with van der Waals surface area (Å²) in [5.74, 6) is -0.374. The van der Waals surface area contributed by atoms with E-state index in [1.807, 2.05) is 24.8 Å². The molecule has 230 valence electrons. The summed E-state index contributed by atoms with van der Waals surface area (Å²) in [4.78, 5) is 30.9. The lowest BCUT2D eigenvalue weighted by Gasteiger charge is -2.32. The third kappa shape index (κ3) is 10.1. The summed E-state index contributed by atoms with van der Waals surface area (Å²) in [6.07, 6.45) is 0.516. The number of nitrogens with zero attached hydrogens (tertiary/aromatic N) is 2. The molecule has 43 heavy (non-hydrogen) atoms. The van der Waals surface area contributed by atoms with Crippen molar-refractivity contribution >= 4 is 74.0 Å². The number of benzene rings is 3. The highest BCUT2D eigenvalue weighted by atomic mass is 35.6. The molecule has 2 amide bonds. The molecule has 0 spiro atoms. The number of anilines is 2. The Kier molecular flexibility index (Phi) is 11.8. The summed E-state index contributed by atoms with van der Waals surface area (Å²) in [5.41, 5.74) is 8.81. The summed E-state index contributed by atoms with van der Waals surface area (Å²) < 4.78 is 27.0. The van der Waals surface area contributed by atoms with E-state index in [0.717, 1.165) is 12.8 Å². The largest absolute Gasteiger partial charge is 0.443 e. The fourth-order valence-corrected chi connectivity index (χ4v) is 5.31. The van der Waals surface area contributed by atoms with Gasteiger partial charge in [0.15, 0.2) is 0 Å². The third-order valence-corrected chi connectivity index (χ3v) is 7.71. The van der Waals surface area contributed by atoms with Crippen molar-refractivity contribution in [3.8, 4) is 11.1 Å². The first-order valence-corrected chi connectivity index (χ1v) is 15.9. The van der Waals surface area contributed by atoms with Gasteiger partial charge < -0.3 is 20.7 Å². The van der Waals surface area contributed by atoms with Crippen LogP contribution in [-0.4, -0.2) is 49.2 Å². The second-order valence-corrected chi connectivity index (χ2v) is 13.5. The quantitative estimate of drug-likeness (QED) is 0.131. The maximum atomic E-state index is 13.2. The lowest BCUT2D eigenvalue weighted by Crippen LogP contribution is -2.40. The standard InChI is InChI=1S/C29H32Cl3N5O5S/c1-3-22(4-2)37(23-9-7-8-20(16-23)27(33)36-28(39)42-18-29(30,31)32)17-26(38)35-21-14-12-19(13-15-21)24-10-5-6-11-25(24)43(34,40)41/h5-16,22H,3-4,17-18H2,1-2H3,(H,35,38)(H2,33,36,39)(H2,34,40,41). The lowest BCUT2D eigenvalue weighted by atomic mass is 10.1. The SMILES string of the molecule is CCC(CC)N(CC(=O)Nc1ccc(-c2ccccc2S(N)(=O)=O)cc1)c1cccc(C(N)=NC(=O)OCC(Cl)(Cl)Cl)c1. The molecule has 3 aromatic rings. The van der Waals surface area contributed by atoms with Crippen molar-refractivity contribution in [3.05, 3.63) is 78.4 Å². The van der Waals surface area contributed by atoms with Crippen LogP contribution in [0.5, 0.6) is 0 Å². The molecule has 0 aliphatic rings. The summed E-state index contributed by atoms with van der Waals surface area (Å²) in [5, 5.41) is 8.26. The van der Waals surface area contributed by atoms with Crippen molar-refractivity contribution in [2.24, 2.45) is 15.9 Å². The monoisotopic (exact) mass is 667 g/mol. The van der Waals surface area contributed by atoms with Crippen LogP contribution in [0.2, 0.25) is 0 Å². The predicted octanol–water partition coefficient (Wildman–Crippen LogP) is 5.85. The maximum absolute atomic E-state index is 13.2. The van der Waals surface area contributed by atoms with Crippen LogP contribution in [0.4, 0.5) is 16.2 Å². The number of halogens is 3. The maximum Gasteiger partial charge on any atom is 0.435 e. The Hall–Kier alpha value is -3.35. The number of hydrogen-bond acceptors (Lipinski definition) is 6. The molecule has 0 aliphatic heterocycles. The number of hydrogen-bond donors (Lipinski definition) is 3. The molecule has 0 aromatic heterocycles. The van der Waals surface area contributed by atoms with Crippen LogP contribution in [0.3, 0.4) is 0 Å². The van der Waals surface area contributed by atoms with Gasteiger partial charge in [0.05, 0.1) is 11.4 Å². The highest BCUT2D eigenvalue weighted by Gasteiger charge is 2.23. The number of alkyl halides is 3. The molecule has 10 nitrogen and oxygen atoms in total. The molecule has 3 rings (SSSR count). The van der Waals surface area contributed by atoms with Crippen LogP contribution >= 0.6 is 34.8 Å². The molecule has 0 radical (unpaired) electrons. The summed E-state index contributed by atoms with van der Waals surface area (Å²) in [6.45, 7) is 3.58. The molecule has 0 saturated heterocycles. The van der Waals surface area contributed by atoms with Crippen molar-refractivity contribution in [1.29, 1.82) is 0 Å². The molecular weight excluding hydrogens is 637 g/mol. The van der Waals surface area contributed by atoms with Gasteiger partial charge >= 0.3 is 6.09 Å². The number of primary sulfonamides is 1. The Morgan fingerprint density at radius 3 is 2.26 bits per heavy atom. The predicted molar refractivity (Wildman–Crippen MR) is 172 cm³/mol. The van der Waals surface area contributed by atoms with E-state index >= 15 is 0 Å². The summed E-state index contributed by atoms with van der Waals surface area (Å²) in [6, 6.07) is 20.2. The number of nitrogens with one attached hydrogen (secondary N) is 1. The van der Waals surface area contributed by atoms with Crippen molar-refractivity contribution in [2.45, 2.75) is 41.4 Å². The Labute approximate surface area is 266 Å². The van der Waals surface area contributed by atoms with Gasteiger partial charge in [0.2, 0.25) is 19.7 Å². The van der Waals surface area contributed by atoms with Gasteiger partial charge in [-0.1, -0.05) is 91.1 Å². The van der Waals surface area contributed by atoms with Gasteiger partial charge in [0, 0.05) is 28.5 Å². The van der Waals surface area contributed by atoms with E-state index in [4.69, 9.17) is 50.4 Å². The number of amides is 2. The minimum atomic E-state index is -3.91. The summed E-state index contributed by atoms with van der Waals surface area (Å²) >= 11 is 16.8. The number of nitrogens with two attached hydrogens (primary N) is 2. The number of rotatable bonds is 11. The number of amidine groups is 1. The van der Waals surface area contributed by atoms with Gasteiger partial charge in [-0.25, -0.2) is 18.4 Å². The second kappa shape index (κ2) is 14.9. The molecule has 0 fully saturated rings. The number of carbonyl (C=O) groups is 2. The molecule has 0 atom stereocenters. The van der Waals surface area contributed by atoms with Gasteiger partial charge in [0.1, 0.15) is 12.4 Å². The fraction of sp³-hybridized carbons (Fsp3) is 0.276. The van der Waals surface area contributed by atoms with Crippen LogP contribution in [-0.2, 0) is 19.6 Å². The molecule has 14 heteroatoms. The van der Waals surface area contributed by atoms with Gasteiger partial charge in [-0.3, -0.25) is 4.79 Å². The molecular formula is C29H32Cl3N5O5S. The third-order valence-electron chi connectivity index (χ3n) is 6.42. The van der Waals surface area contributed by atoms with E-state index in [0.29, 0.717) is 28.1 Å². The highest BCUT2D eigenvalue weighted by Crippen LogP contribution is 2.28. The Morgan fingerprint density at radius 2 is 1.65 bits per heavy atom. The van der Waals surface area contributed by atoms with Crippen molar-refractivity contribution in [2.75, 3.05) is 23.4 Å². The van der Waals surface area contributed by atoms with E-state index in [2.05, 4.69) is 10.3 Å². The zero-order chi connectivity index (χ0) is 31.8. The van der Waals surface area contributed by atoms with Crippen LogP contribution in [0.15, 0.2) is 82.7 Å². The number of carbonyl (C=O) groups excluding carboxylic acids is 2. The van der Waals surface area contributed by atoms with E-state index in [1.165, 1.54) is 6.07 Å². The Balaban J connectivity index is 1.78. The molecule has 0 aliphatic carbocycles. The van der Waals surface area contributed by atoms with Crippen LogP contribution in [0, 0.1) is 0 Å².